The van der Waals surface area contributed by atoms with E-state index in [0.717, 1.165) is 56.1 Å². The first-order valence-electron chi connectivity index (χ1n) is 14.6. The molecule has 3 atom stereocenters. The molecule has 0 radical (unpaired) electrons. The van der Waals surface area contributed by atoms with Crippen LogP contribution < -0.4 is 4.74 Å². The number of aryl methyl sites for hydroxylation is 1. The summed E-state index contributed by atoms with van der Waals surface area (Å²) >= 11 is 0. The van der Waals surface area contributed by atoms with Crippen LogP contribution in [0.4, 0.5) is 0 Å². The molecule has 0 saturated heterocycles. The van der Waals surface area contributed by atoms with Crippen LogP contribution in [0.5, 0.6) is 11.5 Å². The summed E-state index contributed by atoms with van der Waals surface area (Å²) in [4.78, 5) is 24.4. The SMILES string of the molecule is C=C(C)[C@@H]1CCC(C)=C[C@H]1c1c(O)cc(CCCCC)cc1OC(=O)C1(OP(=O)(O)OCCOC)CCCCC1. The van der Waals surface area contributed by atoms with Crippen LogP contribution in [0.1, 0.15) is 102 Å². The van der Waals surface area contributed by atoms with Crippen molar-refractivity contribution in [3.63, 3.8) is 0 Å². The van der Waals surface area contributed by atoms with Crippen molar-refractivity contribution in [1.29, 1.82) is 0 Å². The fourth-order valence-electron chi connectivity index (χ4n) is 5.85. The second-order valence-electron chi connectivity index (χ2n) is 11.3. The quantitative estimate of drug-likeness (QED) is 0.0766. The minimum Gasteiger partial charge on any atom is -0.507 e. The van der Waals surface area contributed by atoms with E-state index in [2.05, 4.69) is 26.5 Å². The third-order valence-electron chi connectivity index (χ3n) is 8.03. The molecule has 0 aliphatic heterocycles. The fraction of sp³-hybridized carbons (Fsp3) is 0.645. The maximum Gasteiger partial charge on any atom is 0.473 e. The number of allylic oxidation sites excluding steroid dienone is 3. The van der Waals surface area contributed by atoms with Gasteiger partial charge in [-0.2, -0.15) is 0 Å². The van der Waals surface area contributed by atoms with Gasteiger partial charge in [0.1, 0.15) is 11.5 Å². The Kier molecular flexibility index (Phi) is 12.0. The van der Waals surface area contributed by atoms with Crippen molar-refractivity contribution in [2.45, 2.75) is 103 Å². The van der Waals surface area contributed by atoms with Crippen LogP contribution in [0.25, 0.3) is 0 Å². The van der Waals surface area contributed by atoms with Crippen molar-refractivity contribution >= 4 is 13.8 Å². The Bertz CT molecular complexity index is 1100. The van der Waals surface area contributed by atoms with Gasteiger partial charge >= 0.3 is 13.8 Å². The molecule has 1 fully saturated rings. The number of carbonyl (C=O) groups excluding carboxylic acids is 1. The van der Waals surface area contributed by atoms with Gasteiger partial charge in [0.25, 0.3) is 0 Å². The molecule has 40 heavy (non-hydrogen) atoms. The van der Waals surface area contributed by atoms with E-state index in [1.165, 1.54) is 12.7 Å². The molecule has 224 valence electrons. The van der Waals surface area contributed by atoms with E-state index in [0.29, 0.717) is 18.4 Å². The molecular weight excluding hydrogens is 531 g/mol. The van der Waals surface area contributed by atoms with Gasteiger partial charge in [-0.05, 0) is 88.8 Å². The van der Waals surface area contributed by atoms with Crippen LogP contribution in [-0.4, -0.2) is 41.9 Å². The minimum atomic E-state index is -4.57. The Morgan fingerprint density at radius 3 is 2.55 bits per heavy atom. The van der Waals surface area contributed by atoms with E-state index in [1.54, 1.807) is 6.07 Å². The van der Waals surface area contributed by atoms with E-state index in [1.807, 2.05) is 13.0 Å². The minimum absolute atomic E-state index is 0.0738. The molecule has 0 amide bonds. The molecule has 2 aliphatic carbocycles. The van der Waals surface area contributed by atoms with Gasteiger partial charge < -0.3 is 19.5 Å². The Morgan fingerprint density at radius 2 is 1.90 bits per heavy atom. The van der Waals surface area contributed by atoms with Gasteiger partial charge in [-0.25, -0.2) is 9.36 Å². The summed E-state index contributed by atoms with van der Waals surface area (Å²) in [6.45, 7) is 10.3. The molecule has 0 spiro atoms. The lowest BCUT2D eigenvalue weighted by Crippen LogP contribution is -2.45. The predicted molar refractivity (Wildman–Crippen MR) is 156 cm³/mol. The first-order valence-corrected chi connectivity index (χ1v) is 16.1. The smallest absolute Gasteiger partial charge is 0.473 e. The van der Waals surface area contributed by atoms with Gasteiger partial charge in [-0.3, -0.25) is 9.05 Å². The van der Waals surface area contributed by atoms with Crippen molar-refractivity contribution in [3.8, 4) is 11.5 Å². The highest BCUT2D eigenvalue weighted by molar-refractivity contribution is 7.47. The lowest BCUT2D eigenvalue weighted by Gasteiger charge is -2.36. The van der Waals surface area contributed by atoms with E-state index >= 15 is 0 Å². The van der Waals surface area contributed by atoms with Gasteiger partial charge in [0.2, 0.25) is 0 Å². The molecule has 3 rings (SSSR count). The van der Waals surface area contributed by atoms with Crippen molar-refractivity contribution in [2.24, 2.45) is 5.92 Å². The number of benzene rings is 1. The van der Waals surface area contributed by atoms with E-state index in [-0.39, 0.29) is 49.4 Å². The van der Waals surface area contributed by atoms with Crippen molar-refractivity contribution in [3.05, 3.63) is 47.1 Å². The molecule has 8 nitrogen and oxygen atoms in total. The second-order valence-corrected chi connectivity index (χ2v) is 12.7. The van der Waals surface area contributed by atoms with Crippen LogP contribution in [0.15, 0.2) is 35.9 Å². The second kappa shape index (κ2) is 14.8. The Labute approximate surface area is 239 Å². The summed E-state index contributed by atoms with van der Waals surface area (Å²) in [5.41, 5.74) is 1.98. The topological polar surface area (TPSA) is 112 Å². The Morgan fingerprint density at radius 1 is 1.18 bits per heavy atom. The van der Waals surface area contributed by atoms with E-state index in [4.69, 9.17) is 18.5 Å². The highest BCUT2D eigenvalue weighted by atomic mass is 31.2. The number of phenols is 1. The number of ether oxygens (including phenoxy) is 2. The zero-order valence-corrected chi connectivity index (χ0v) is 25.5. The summed E-state index contributed by atoms with van der Waals surface area (Å²) in [6, 6.07) is 3.61. The number of aromatic hydroxyl groups is 1. The summed E-state index contributed by atoms with van der Waals surface area (Å²) in [7, 11) is -3.12. The molecule has 0 heterocycles. The number of rotatable bonds is 14. The number of esters is 1. The lowest BCUT2D eigenvalue weighted by atomic mass is 9.73. The predicted octanol–water partition coefficient (Wildman–Crippen LogP) is 7.53. The molecule has 0 aromatic heterocycles. The number of methoxy groups -OCH3 is 1. The Hall–Kier alpha value is -1.96. The monoisotopic (exact) mass is 578 g/mol. The van der Waals surface area contributed by atoms with Crippen LogP contribution in [0.3, 0.4) is 0 Å². The molecule has 2 aliphatic rings. The van der Waals surface area contributed by atoms with Crippen LogP contribution >= 0.6 is 7.82 Å². The molecule has 1 unspecified atom stereocenters. The number of phenolic OH excluding ortho intramolecular Hbond substituents is 1. The lowest BCUT2D eigenvalue weighted by molar-refractivity contribution is -0.157. The summed E-state index contributed by atoms with van der Waals surface area (Å²) in [5.74, 6) is -0.548. The highest BCUT2D eigenvalue weighted by Crippen LogP contribution is 2.52. The molecular formula is C31H47O8P. The normalized spacial score (nSPS) is 22.3. The number of hydrogen-bond donors (Lipinski definition) is 2. The van der Waals surface area contributed by atoms with Crippen LogP contribution in [0, 0.1) is 5.92 Å². The fourth-order valence-corrected chi connectivity index (χ4v) is 6.90. The molecule has 1 saturated carbocycles. The van der Waals surface area contributed by atoms with Crippen molar-refractivity contribution < 1.29 is 37.9 Å². The van der Waals surface area contributed by atoms with E-state index in [9.17, 15) is 19.4 Å². The number of unbranched alkanes of at least 4 members (excludes halogenated alkanes) is 2. The third kappa shape index (κ3) is 8.53. The largest absolute Gasteiger partial charge is 0.507 e. The average molecular weight is 579 g/mol. The summed E-state index contributed by atoms with van der Waals surface area (Å²) in [5, 5.41) is 11.4. The first kappa shape index (κ1) is 32.6. The number of phosphoric acid groups is 1. The van der Waals surface area contributed by atoms with E-state index < -0.39 is 19.4 Å². The first-order chi connectivity index (χ1) is 19.0. The number of carbonyl (C=O) groups is 1. The molecule has 1 aromatic carbocycles. The van der Waals surface area contributed by atoms with Crippen LogP contribution in [0.2, 0.25) is 0 Å². The van der Waals surface area contributed by atoms with Gasteiger partial charge in [-0.15, -0.1) is 0 Å². The van der Waals surface area contributed by atoms with Gasteiger partial charge in [0.05, 0.1) is 13.2 Å². The molecule has 9 heteroatoms. The molecule has 2 N–H and O–H groups in total. The van der Waals surface area contributed by atoms with Gasteiger partial charge in [0, 0.05) is 18.6 Å². The average Bonchev–Trinajstić information content (AvgIpc) is 2.89. The standard InChI is InChI=1S/C31H47O8P/c1-6-7-9-12-24-20-27(32)29(26-19-23(4)13-14-25(26)22(2)3)28(21-24)38-30(33)31(15-10-8-11-16-31)39-40(34,35)37-18-17-36-5/h19-21,25-26,32H,2,6-18H2,1,3-5H3,(H,34,35)/t25-,26+/m0/s1. The number of hydrogen-bond acceptors (Lipinski definition) is 7. The highest BCUT2D eigenvalue weighted by Gasteiger charge is 2.48. The maximum absolute atomic E-state index is 13.9. The third-order valence-corrected chi connectivity index (χ3v) is 9.12. The van der Waals surface area contributed by atoms with Crippen molar-refractivity contribution in [2.75, 3.05) is 20.3 Å². The zero-order chi connectivity index (χ0) is 29.3. The van der Waals surface area contributed by atoms with Crippen LogP contribution in [-0.2, 0) is 29.6 Å². The molecule has 0 bridgehead atoms. The summed E-state index contributed by atoms with van der Waals surface area (Å²) < 4.78 is 34.5. The molecule has 1 aromatic rings. The summed E-state index contributed by atoms with van der Waals surface area (Å²) in [6.07, 6.45) is 10.4. The number of phosphoric ester groups is 1. The Balaban J connectivity index is 2.02. The van der Waals surface area contributed by atoms with Crippen molar-refractivity contribution in [1.82, 2.24) is 0 Å². The maximum atomic E-state index is 13.9. The van der Waals surface area contributed by atoms with Gasteiger partial charge in [0.15, 0.2) is 5.60 Å². The van der Waals surface area contributed by atoms with Gasteiger partial charge in [-0.1, -0.05) is 50.0 Å². The zero-order valence-electron chi connectivity index (χ0n) is 24.6.